The van der Waals surface area contributed by atoms with Crippen LogP contribution >= 0.6 is 0 Å². The van der Waals surface area contributed by atoms with Crippen molar-refractivity contribution < 1.29 is 9.53 Å². The highest BCUT2D eigenvalue weighted by molar-refractivity contribution is 5.76. The van der Waals surface area contributed by atoms with E-state index < -0.39 is 0 Å². The van der Waals surface area contributed by atoms with E-state index in [4.69, 9.17) is 15.9 Å². The first-order valence-corrected chi connectivity index (χ1v) is 11.2. The fraction of sp³-hybridized carbons (Fsp3) is 0.417. The van der Waals surface area contributed by atoms with Crippen molar-refractivity contribution in [2.75, 3.05) is 20.2 Å². The van der Waals surface area contributed by atoms with Crippen molar-refractivity contribution in [1.82, 2.24) is 25.2 Å². The molecule has 0 amide bonds. The minimum atomic E-state index is -0.371. The van der Waals surface area contributed by atoms with Crippen molar-refractivity contribution >= 4 is 23.0 Å². The van der Waals surface area contributed by atoms with Crippen molar-refractivity contribution in [3.63, 3.8) is 0 Å². The first-order valence-electron chi connectivity index (χ1n) is 11.2. The lowest BCUT2D eigenvalue weighted by Gasteiger charge is -2.19. The van der Waals surface area contributed by atoms with Gasteiger partial charge in [0.05, 0.1) is 19.2 Å². The quantitative estimate of drug-likeness (QED) is 0.140. The third-order valence-electron chi connectivity index (χ3n) is 5.55. The van der Waals surface area contributed by atoms with Gasteiger partial charge in [-0.05, 0) is 36.7 Å². The highest BCUT2D eigenvalue weighted by Crippen LogP contribution is 2.25. The van der Waals surface area contributed by atoms with Crippen LogP contribution in [0.2, 0.25) is 0 Å². The summed E-state index contributed by atoms with van der Waals surface area (Å²) in [6.45, 7) is 7.47. The van der Waals surface area contributed by atoms with Gasteiger partial charge in [-0.15, -0.1) is 0 Å². The molecule has 0 unspecified atom stereocenters. The molecule has 2 aromatic heterocycles. The molecule has 0 radical (unpaired) electrons. The predicted molar refractivity (Wildman–Crippen MR) is 132 cm³/mol. The van der Waals surface area contributed by atoms with Crippen molar-refractivity contribution in [3.05, 3.63) is 58.3 Å². The molecule has 10 nitrogen and oxygen atoms in total. The molecule has 1 atom stereocenters. The number of esters is 1. The van der Waals surface area contributed by atoms with E-state index in [2.05, 4.69) is 41.4 Å². The van der Waals surface area contributed by atoms with Gasteiger partial charge in [-0.2, -0.15) is 4.98 Å². The maximum Gasteiger partial charge on any atom is 0.354 e. The minimum Gasteiger partial charge on any atom is -0.469 e. The van der Waals surface area contributed by atoms with Crippen LogP contribution in [0.25, 0.3) is 16.7 Å². The van der Waals surface area contributed by atoms with Crippen LogP contribution in [-0.4, -0.2) is 46.7 Å². The number of hydrogen-bond donors (Lipinski definition) is 5. The number of ether oxygens (including phenoxy) is 1. The minimum absolute atomic E-state index is 0.0705. The second-order valence-electron chi connectivity index (χ2n) is 9.20. The van der Waals surface area contributed by atoms with Crippen molar-refractivity contribution in [2.45, 2.75) is 45.1 Å². The van der Waals surface area contributed by atoms with Crippen LogP contribution in [0.4, 0.5) is 0 Å². The summed E-state index contributed by atoms with van der Waals surface area (Å²) in [6.07, 6.45) is 2.68. The third-order valence-corrected chi connectivity index (χ3v) is 5.55. The Hall–Kier alpha value is -3.66. The van der Waals surface area contributed by atoms with E-state index in [-0.39, 0.29) is 35.5 Å². The second-order valence-corrected chi connectivity index (χ2v) is 9.20. The van der Waals surface area contributed by atoms with Gasteiger partial charge in [-0.3, -0.25) is 14.8 Å². The number of nitrogens with zero attached hydrogens (tertiary/aromatic N) is 2. The molecular weight excluding hydrogens is 434 g/mol. The molecule has 1 aromatic carbocycles. The Labute approximate surface area is 198 Å². The molecule has 10 heteroatoms. The zero-order valence-corrected chi connectivity index (χ0v) is 20.1. The van der Waals surface area contributed by atoms with Gasteiger partial charge in [0.1, 0.15) is 5.65 Å². The zero-order chi connectivity index (χ0) is 24.9. The summed E-state index contributed by atoms with van der Waals surface area (Å²) in [4.78, 5) is 32.1. The molecule has 2 heterocycles. The van der Waals surface area contributed by atoms with Gasteiger partial charge in [-0.25, -0.2) is 4.79 Å². The number of carbonyl (C=O) groups is 1. The molecule has 0 aliphatic carbocycles. The number of guanidine groups is 1. The molecule has 182 valence electrons. The van der Waals surface area contributed by atoms with Gasteiger partial charge in [0.15, 0.2) is 5.96 Å². The number of fused-ring (bicyclic) bond motifs is 1. The van der Waals surface area contributed by atoms with Gasteiger partial charge >= 0.3 is 11.7 Å². The topological polar surface area (TPSA) is 151 Å². The summed E-state index contributed by atoms with van der Waals surface area (Å²) < 4.78 is 6.36. The Bertz CT molecular complexity index is 1210. The largest absolute Gasteiger partial charge is 0.469 e. The van der Waals surface area contributed by atoms with Crippen LogP contribution in [0.5, 0.6) is 0 Å². The summed E-state index contributed by atoms with van der Waals surface area (Å²) in [5.41, 5.74) is 8.00. The highest BCUT2D eigenvalue weighted by atomic mass is 16.5. The van der Waals surface area contributed by atoms with E-state index in [0.29, 0.717) is 24.4 Å². The van der Waals surface area contributed by atoms with E-state index >= 15 is 0 Å². The number of H-pyrrole nitrogens is 1. The molecule has 3 rings (SSSR count). The fourth-order valence-electron chi connectivity index (χ4n) is 3.60. The van der Waals surface area contributed by atoms with E-state index in [1.54, 1.807) is 6.20 Å². The van der Waals surface area contributed by atoms with Gasteiger partial charge < -0.3 is 26.1 Å². The summed E-state index contributed by atoms with van der Waals surface area (Å²) in [5, 5.41) is 14.2. The fourth-order valence-corrected chi connectivity index (χ4v) is 3.60. The van der Waals surface area contributed by atoms with E-state index in [1.807, 2.05) is 30.3 Å². The maximum atomic E-state index is 12.7. The number of methoxy groups -OCH3 is 1. The molecule has 0 aliphatic heterocycles. The average molecular weight is 468 g/mol. The second kappa shape index (κ2) is 10.5. The van der Waals surface area contributed by atoms with Crippen LogP contribution < -0.4 is 22.1 Å². The van der Waals surface area contributed by atoms with Crippen LogP contribution in [0.3, 0.4) is 0 Å². The molecule has 0 fully saturated rings. The number of nitrogens with two attached hydrogens (primary N) is 1. The summed E-state index contributed by atoms with van der Waals surface area (Å²) in [5.74, 6) is -0.393. The van der Waals surface area contributed by atoms with Gasteiger partial charge in [0.25, 0.3) is 0 Å². The molecule has 3 aromatic rings. The lowest BCUT2D eigenvalue weighted by atomic mass is 9.92. The Balaban J connectivity index is 1.81. The van der Waals surface area contributed by atoms with Crippen molar-refractivity contribution in [1.29, 1.82) is 5.41 Å². The number of hydrogen-bond acceptors (Lipinski definition) is 6. The lowest BCUT2D eigenvalue weighted by molar-refractivity contribution is -0.141. The van der Waals surface area contributed by atoms with Crippen LogP contribution in [0.15, 0.2) is 41.3 Å². The average Bonchev–Trinajstić information content (AvgIpc) is 3.21. The number of aromatic nitrogens is 3. The molecule has 6 N–H and O–H groups in total. The molecule has 0 aliphatic rings. The molecule has 0 bridgehead atoms. The molecule has 34 heavy (non-hydrogen) atoms. The number of aromatic amines is 1. The first kappa shape index (κ1) is 25.0. The first-order chi connectivity index (χ1) is 16.1. The van der Waals surface area contributed by atoms with E-state index in [9.17, 15) is 9.59 Å². The lowest BCUT2D eigenvalue weighted by Crippen LogP contribution is -2.33. The number of benzene rings is 1. The molecule has 0 spiro atoms. The van der Waals surface area contributed by atoms with E-state index in [1.165, 1.54) is 11.7 Å². The summed E-state index contributed by atoms with van der Waals surface area (Å²) >= 11 is 0. The Morgan fingerprint density at radius 2 is 1.97 bits per heavy atom. The smallest absolute Gasteiger partial charge is 0.354 e. The summed E-state index contributed by atoms with van der Waals surface area (Å²) in [6, 6.07) is 9.21. The van der Waals surface area contributed by atoms with Crippen molar-refractivity contribution in [3.8, 4) is 5.69 Å². The standard InChI is InChI=1S/C24H33N7O3/c1-24(2,3)19-12-16-14-31(23(33)30-21(16)29-19)17-8-6-15(7-9-17)18(13-20(32)34-4)27-10-5-11-28-22(25)26/h6-9,12,14,18,27H,5,10-11,13H2,1-4H3,(H4,25,26,28)(H,29,30,33)/t18-/m0/s1. The summed E-state index contributed by atoms with van der Waals surface area (Å²) in [7, 11) is 1.36. The third kappa shape index (κ3) is 6.22. The number of rotatable bonds is 9. The SMILES string of the molecule is COC(=O)C[C@H](NCCCNC(=N)N)c1ccc(-n2cc3cc(C(C)(C)C)[nH]c3nc2=O)cc1. The highest BCUT2D eigenvalue weighted by Gasteiger charge is 2.19. The number of nitrogens with one attached hydrogen (secondary N) is 4. The Kier molecular flexibility index (Phi) is 7.72. The Morgan fingerprint density at radius 3 is 2.59 bits per heavy atom. The predicted octanol–water partition coefficient (Wildman–Crippen LogP) is 2.08. The zero-order valence-electron chi connectivity index (χ0n) is 20.1. The van der Waals surface area contributed by atoms with Crippen LogP contribution in [0.1, 0.15) is 50.9 Å². The monoisotopic (exact) mass is 467 g/mol. The molecule has 0 saturated heterocycles. The van der Waals surface area contributed by atoms with Crippen molar-refractivity contribution in [2.24, 2.45) is 5.73 Å². The van der Waals surface area contributed by atoms with E-state index in [0.717, 1.165) is 23.1 Å². The number of carbonyl (C=O) groups excluding carboxylic acids is 1. The van der Waals surface area contributed by atoms with Crippen LogP contribution in [-0.2, 0) is 14.9 Å². The van der Waals surface area contributed by atoms with Gasteiger partial charge in [0, 0.05) is 35.3 Å². The Morgan fingerprint density at radius 1 is 1.26 bits per heavy atom. The molecular formula is C24H33N7O3. The van der Waals surface area contributed by atoms with Gasteiger partial charge in [0.2, 0.25) is 0 Å². The van der Waals surface area contributed by atoms with Crippen LogP contribution in [0, 0.1) is 5.41 Å². The maximum absolute atomic E-state index is 12.7. The molecule has 0 saturated carbocycles. The van der Waals surface area contributed by atoms with Gasteiger partial charge in [-0.1, -0.05) is 32.9 Å². The normalized spacial score (nSPS) is 12.5.